The zero-order valence-electron chi connectivity index (χ0n) is 21.9. The number of rotatable bonds is 7. The van der Waals surface area contributed by atoms with Gasteiger partial charge in [0.15, 0.2) is 30.6 Å². The minimum Gasteiger partial charge on any atom is -0.444 e. The zero-order chi connectivity index (χ0) is 28.2. The van der Waals surface area contributed by atoms with Gasteiger partial charge >= 0.3 is 6.09 Å². The van der Waals surface area contributed by atoms with E-state index >= 15 is 0 Å². The lowest BCUT2D eigenvalue weighted by Crippen LogP contribution is -2.33. The first-order valence-corrected chi connectivity index (χ1v) is 13.0. The molecule has 1 amide bonds. The molecule has 2 heterocycles. The van der Waals surface area contributed by atoms with E-state index in [1.165, 1.54) is 12.1 Å². The predicted octanol–water partition coefficient (Wildman–Crippen LogP) is 7.26. The number of ether oxygens (including phenoxy) is 1. The van der Waals surface area contributed by atoms with Gasteiger partial charge in [-0.25, -0.2) is 18.6 Å². The molecule has 6 rings (SSSR count). The molecule has 0 radical (unpaired) electrons. The molecule has 41 heavy (non-hydrogen) atoms. The highest BCUT2D eigenvalue weighted by Gasteiger charge is 2.15. The number of carbonyl (C=O) groups is 1. The van der Waals surface area contributed by atoms with Crippen LogP contribution in [0.2, 0.25) is 0 Å². The molecule has 6 aromatic rings. The molecule has 2 N–H and O–H groups in total. The molecule has 0 saturated carbocycles. The minimum atomic E-state index is -0.924. The van der Waals surface area contributed by atoms with Crippen molar-refractivity contribution >= 4 is 22.8 Å². The van der Waals surface area contributed by atoms with E-state index in [1.54, 1.807) is 0 Å². The Morgan fingerprint density at radius 3 is 2.32 bits per heavy atom. The van der Waals surface area contributed by atoms with Crippen LogP contribution in [0.15, 0.2) is 116 Å². The second kappa shape index (κ2) is 11.4. The van der Waals surface area contributed by atoms with Gasteiger partial charge in [0, 0.05) is 17.3 Å². The van der Waals surface area contributed by atoms with Crippen LogP contribution in [0.1, 0.15) is 11.1 Å². The fourth-order valence-corrected chi connectivity index (χ4v) is 4.55. The van der Waals surface area contributed by atoms with Crippen LogP contribution in [0.3, 0.4) is 0 Å². The summed E-state index contributed by atoms with van der Waals surface area (Å²) in [6, 6.07) is 31.2. The largest absolute Gasteiger partial charge is 0.444 e. The number of fused-ring (bicyclic) bond motifs is 1. The van der Waals surface area contributed by atoms with Gasteiger partial charge in [0.05, 0.1) is 5.56 Å². The fraction of sp³-hybridized carbons (Fsp3) is 0.0606. The maximum Gasteiger partial charge on any atom is 0.411 e. The van der Waals surface area contributed by atoms with Gasteiger partial charge in [-0.2, -0.15) is 4.57 Å². The minimum absolute atomic E-state index is 0.0927. The number of anilines is 1. The Labute approximate surface area is 234 Å². The van der Waals surface area contributed by atoms with Crippen molar-refractivity contribution in [2.24, 2.45) is 0 Å². The van der Waals surface area contributed by atoms with Crippen molar-refractivity contribution in [3.8, 4) is 22.5 Å². The van der Waals surface area contributed by atoms with E-state index in [0.717, 1.165) is 33.8 Å². The normalized spacial score (nSPS) is 11.0. The molecule has 0 aliphatic carbocycles. The Hall–Kier alpha value is -5.37. The van der Waals surface area contributed by atoms with Gasteiger partial charge in [0.25, 0.3) is 0 Å². The van der Waals surface area contributed by atoms with E-state index in [2.05, 4.69) is 27.4 Å². The standard InChI is InChI=1S/C33H24F2N4O2/c34-28-8-4-7-27(31(28)35)32-37-29-17-18-39(20-30(29)38-32)19-22-9-11-24(12-10-22)25-13-15-26(16-14-25)36-33(40)41-21-23-5-2-1-3-6-23/h1-18,20H,19,21H2,(H,36,40)/p+1. The summed E-state index contributed by atoms with van der Waals surface area (Å²) >= 11 is 0. The molecule has 0 unspecified atom stereocenters. The average Bonchev–Trinajstić information content (AvgIpc) is 3.42. The van der Waals surface area contributed by atoms with E-state index in [-0.39, 0.29) is 18.0 Å². The lowest BCUT2D eigenvalue weighted by atomic mass is 10.0. The molecule has 8 heteroatoms. The SMILES string of the molecule is O=C(Nc1ccc(-c2ccc(C[n+]3ccc4nc(-c5cccc(F)c5F)[nH]c4c3)cc2)cc1)OCc1ccccc1. The Bertz CT molecular complexity index is 1820. The number of amides is 1. The molecular weight excluding hydrogens is 522 g/mol. The van der Waals surface area contributed by atoms with Crippen LogP contribution in [-0.4, -0.2) is 16.1 Å². The van der Waals surface area contributed by atoms with Crippen LogP contribution in [-0.2, 0) is 17.9 Å². The van der Waals surface area contributed by atoms with Crippen LogP contribution in [0.4, 0.5) is 19.3 Å². The smallest absolute Gasteiger partial charge is 0.411 e. The first-order valence-electron chi connectivity index (χ1n) is 13.0. The molecule has 0 atom stereocenters. The maximum atomic E-state index is 14.2. The molecule has 0 saturated heterocycles. The Morgan fingerprint density at radius 1 is 0.829 bits per heavy atom. The first-order chi connectivity index (χ1) is 20.0. The lowest BCUT2D eigenvalue weighted by Gasteiger charge is -2.08. The summed E-state index contributed by atoms with van der Waals surface area (Å²) in [5.74, 6) is -1.55. The maximum absolute atomic E-state index is 14.2. The van der Waals surface area contributed by atoms with Gasteiger partial charge in [0.1, 0.15) is 23.5 Å². The highest BCUT2D eigenvalue weighted by atomic mass is 19.2. The summed E-state index contributed by atoms with van der Waals surface area (Å²) in [5, 5.41) is 2.75. The van der Waals surface area contributed by atoms with Crippen LogP contribution in [0.25, 0.3) is 33.5 Å². The van der Waals surface area contributed by atoms with Crippen molar-refractivity contribution in [2.75, 3.05) is 5.32 Å². The molecule has 6 nitrogen and oxygen atoms in total. The number of nitrogens with one attached hydrogen (secondary N) is 2. The van der Waals surface area contributed by atoms with E-state index < -0.39 is 17.7 Å². The van der Waals surface area contributed by atoms with Crippen molar-refractivity contribution in [3.05, 3.63) is 138 Å². The number of hydrogen-bond donors (Lipinski definition) is 2. The van der Waals surface area contributed by atoms with E-state index in [0.29, 0.717) is 17.7 Å². The number of aromatic amines is 1. The number of hydrogen-bond acceptors (Lipinski definition) is 3. The quantitative estimate of drug-likeness (QED) is 0.207. The van der Waals surface area contributed by atoms with Crippen molar-refractivity contribution in [3.63, 3.8) is 0 Å². The Morgan fingerprint density at radius 2 is 1.56 bits per heavy atom. The number of nitrogens with zero attached hydrogens (tertiary/aromatic N) is 2. The summed E-state index contributed by atoms with van der Waals surface area (Å²) < 4.78 is 35.2. The van der Waals surface area contributed by atoms with Crippen molar-refractivity contribution in [2.45, 2.75) is 13.2 Å². The van der Waals surface area contributed by atoms with Crippen molar-refractivity contribution in [1.29, 1.82) is 0 Å². The van der Waals surface area contributed by atoms with Gasteiger partial charge in [0.2, 0.25) is 0 Å². The lowest BCUT2D eigenvalue weighted by molar-refractivity contribution is -0.687. The van der Waals surface area contributed by atoms with E-state index in [1.807, 2.05) is 89.8 Å². The third-order valence-electron chi connectivity index (χ3n) is 6.68. The molecule has 2 aromatic heterocycles. The summed E-state index contributed by atoms with van der Waals surface area (Å²) in [4.78, 5) is 19.6. The van der Waals surface area contributed by atoms with Crippen LogP contribution in [0, 0.1) is 11.6 Å². The number of H-pyrrole nitrogens is 1. The fourth-order valence-electron chi connectivity index (χ4n) is 4.55. The third-order valence-corrected chi connectivity index (χ3v) is 6.68. The number of benzene rings is 4. The van der Waals surface area contributed by atoms with Crippen LogP contribution < -0.4 is 9.88 Å². The van der Waals surface area contributed by atoms with Gasteiger partial charge in [-0.1, -0.05) is 72.8 Å². The second-order valence-electron chi connectivity index (χ2n) is 9.56. The van der Waals surface area contributed by atoms with E-state index in [4.69, 9.17) is 4.74 Å². The zero-order valence-corrected chi connectivity index (χ0v) is 21.9. The predicted molar refractivity (Wildman–Crippen MR) is 153 cm³/mol. The number of imidazole rings is 1. The first kappa shape index (κ1) is 25.9. The summed E-state index contributed by atoms with van der Waals surface area (Å²) in [6.07, 6.45) is 3.29. The number of aromatic nitrogens is 3. The van der Waals surface area contributed by atoms with Gasteiger partial charge in [-0.3, -0.25) is 5.32 Å². The van der Waals surface area contributed by atoms with Crippen molar-refractivity contribution in [1.82, 2.24) is 9.97 Å². The number of carbonyl (C=O) groups excluding carboxylic acids is 1. The molecule has 202 valence electrons. The van der Waals surface area contributed by atoms with Gasteiger partial charge in [-0.05, 0) is 41.0 Å². The molecule has 0 bridgehead atoms. The number of halogens is 2. The summed E-state index contributed by atoms with van der Waals surface area (Å²) in [7, 11) is 0. The molecule has 0 fully saturated rings. The molecule has 0 spiro atoms. The highest BCUT2D eigenvalue weighted by molar-refractivity contribution is 5.85. The van der Waals surface area contributed by atoms with Gasteiger partial charge in [-0.15, -0.1) is 0 Å². The summed E-state index contributed by atoms with van der Waals surface area (Å²) in [5.41, 5.74) is 6.21. The third kappa shape index (κ3) is 5.96. The van der Waals surface area contributed by atoms with E-state index in [9.17, 15) is 13.6 Å². The average molecular weight is 548 g/mol. The monoisotopic (exact) mass is 547 g/mol. The van der Waals surface area contributed by atoms with Crippen LogP contribution >= 0.6 is 0 Å². The highest BCUT2D eigenvalue weighted by Crippen LogP contribution is 2.25. The number of pyridine rings is 1. The Kier molecular flexibility index (Phi) is 7.19. The second-order valence-corrected chi connectivity index (χ2v) is 9.56. The molecule has 4 aromatic carbocycles. The van der Waals surface area contributed by atoms with Crippen molar-refractivity contribution < 1.29 is 22.9 Å². The van der Waals surface area contributed by atoms with Crippen LogP contribution in [0.5, 0.6) is 0 Å². The molecule has 0 aliphatic heterocycles. The topological polar surface area (TPSA) is 70.9 Å². The van der Waals surface area contributed by atoms with Gasteiger partial charge < -0.3 is 9.72 Å². The molecule has 0 aliphatic rings. The summed E-state index contributed by atoms with van der Waals surface area (Å²) in [6.45, 7) is 0.827. The molecular formula is C33H25F2N4O2+. The Balaban J connectivity index is 1.09.